The van der Waals surface area contributed by atoms with Gasteiger partial charge in [0.1, 0.15) is 12.2 Å². The number of hydrogen-bond donors (Lipinski definition) is 1. The second kappa shape index (κ2) is 13.3. The Bertz CT molecular complexity index is 1320. The third-order valence-electron chi connectivity index (χ3n) is 5.26. The number of halogens is 6. The van der Waals surface area contributed by atoms with Gasteiger partial charge in [-0.25, -0.2) is 9.59 Å². The third kappa shape index (κ3) is 8.55. The summed E-state index contributed by atoms with van der Waals surface area (Å²) in [6, 6.07) is 7.78. The van der Waals surface area contributed by atoms with Crippen LogP contribution in [0.3, 0.4) is 0 Å². The number of carbonyl (C=O) groups excluding carboxylic acids is 2. The topological polar surface area (TPSA) is 138 Å². The molecule has 0 fully saturated rings. The Hall–Kier alpha value is -4.39. The van der Waals surface area contributed by atoms with Crippen LogP contribution in [0.5, 0.6) is 5.88 Å². The maximum atomic E-state index is 13.5. The zero-order chi connectivity index (χ0) is 31.0. The van der Waals surface area contributed by atoms with Crippen molar-refractivity contribution >= 4 is 17.6 Å². The number of benzene rings is 1. The zero-order valence-electron chi connectivity index (χ0n) is 21.3. The van der Waals surface area contributed by atoms with Crippen molar-refractivity contribution in [1.29, 1.82) is 0 Å². The van der Waals surface area contributed by atoms with Crippen molar-refractivity contribution < 1.29 is 60.2 Å². The number of ether oxygens (including phenoxy) is 3. The molecule has 0 saturated carbocycles. The van der Waals surface area contributed by atoms with Crippen molar-refractivity contribution in [2.45, 2.75) is 56.9 Å². The number of aromatic nitrogens is 1. The summed E-state index contributed by atoms with van der Waals surface area (Å²) >= 11 is 0. The predicted octanol–water partition coefficient (Wildman–Crippen LogP) is 4.77. The predicted molar refractivity (Wildman–Crippen MR) is 126 cm³/mol. The number of nitro groups is 1. The van der Waals surface area contributed by atoms with E-state index < -0.39 is 70.4 Å². The van der Waals surface area contributed by atoms with E-state index >= 15 is 0 Å². The molecule has 0 aliphatic carbocycles. The van der Waals surface area contributed by atoms with Crippen molar-refractivity contribution in [1.82, 2.24) is 4.98 Å². The normalized spacial score (nSPS) is 13.7. The first-order valence-corrected chi connectivity index (χ1v) is 11.5. The standard InChI is InChI=1S/C25H22F6N2O8/c1-15(41-20-17(24(26,27)28)13-18(33(37)38)19(32-20)21(34)39-2)9-5-4-8-12-23(36,25(29,30)31)22(35)40-14-16-10-6-3-7-11-16/h3,6-7,10-11,13,15,36H,4-5,9,14H2,1-2H3/t15-,23?/m0/s1. The lowest BCUT2D eigenvalue weighted by atomic mass is 10.0. The molecular weight excluding hydrogens is 570 g/mol. The Labute approximate surface area is 228 Å². The van der Waals surface area contributed by atoms with E-state index in [1.54, 1.807) is 18.2 Å². The summed E-state index contributed by atoms with van der Waals surface area (Å²) in [5.41, 5.74) is -7.71. The molecule has 1 aromatic carbocycles. The van der Waals surface area contributed by atoms with Crippen LogP contribution in [0.1, 0.15) is 47.8 Å². The molecular formula is C25H22F6N2O8. The molecule has 41 heavy (non-hydrogen) atoms. The Morgan fingerprint density at radius 2 is 1.78 bits per heavy atom. The number of aliphatic hydroxyl groups is 1. The number of hydrogen-bond acceptors (Lipinski definition) is 9. The van der Waals surface area contributed by atoms with Gasteiger partial charge in [0.05, 0.1) is 18.1 Å². The number of alkyl halides is 6. The second-order valence-corrected chi connectivity index (χ2v) is 8.35. The highest BCUT2D eigenvalue weighted by molar-refractivity contribution is 5.92. The fraction of sp³-hybridized carbons (Fsp3) is 0.400. The zero-order valence-corrected chi connectivity index (χ0v) is 21.3. The molecule has 0 saturated heterocycles. The summed E-state index contributed by atoms with van der Waals surface area (Å²) in [5.74, 6) is -1.12. The van der Waals surface area contributed by atoms with Gasteiger partial charge in [-0.2, -0.15) is 31.3 Å². The highest BCUT2D eigenvalue weighted by Gasteiger charge is 2.60. The van der Waals surface area contributed by atoms with E-state index in [0.717, 1.165) is 7.11 Å². The number of rotatable bonds is 10. The van der Waals surface area contributed by atoms with Crippen LogP contribution in [0.4, 0.5) is 32.0 Å². The minimum absolute atomic E-state index is 0.0711. The average Bonchev–Trinajstić information content (AvgIpc) is 2.89. The molecule has 16 heteroatoms. The van der Waals surface area contributed by atoms with Crippen molar-refractivity contribution in [3.05, 3.63) is 63.3 Å². The molecule has 0 bridgehead atoms. The molecule has 1 unspecified atom stereocenters. The molecule has 1 heterocycles. The van der Waals surface area contributed by atoms with Crippen LogP contribution in [-0.2, 0) is 27.1 Å². The van der Waals surface area contributed by atoms with Crippen LogP contribution < -0.4 is 4.74 Å². The highest BCUT2D eigenvalue weighted by atomic mass is 19.4. The van der Waals surface area contributed by atoms with E-state index in [4.69, 9.17) is 4.74 Å². The van der Waals surface area contributed by atoms with E-state index in [9.17, 15) is 51.2 Å². The van der Waals surface area contributed by atoms with E-state index in [1.165, 1.54) is 25.0 Å². The molecule has 2 rings (SSSR count). The molecule has 0 radical (unpaired) electrons. The number of nitrogens with zero attached hydrogens (tertiary/aromatic N) is 2. The van der Waals surface area contributed by atoms with Gasteiger partial charge in [0.15, 0.2) is 0 Å². The molecule has 1 aromatic heterocycles. The average molecular weight is 592 g/mol. The summed E-state index contributed by atoms with van der Waals surface area (Å²) in [7, 11) is 0.832. The first kappa shape index (κ1) is 32.8. The van der Waals surface area contributed by atoms with Gasteiger partial charge >= 0.3 is 35.6 Å². The first-order chi connectivity index (χ1) is 19.0. The molecule has 2 aromatic rings. The number of esters is 2. The maximum absolute atomic E-state index is 13.5. The lowest BCUT2D eigenvalue weighted by Crippen LogP contribution is -2.51. The van der Waals surface area contributed by atoms with E-state index in [-0.39, 0.29) is 25.3 Å². The van der Waals surface area contributed by atoms with Gasteiger partial charge in [-0.05, 0) is 31.2 Å². The minimum atomic E-state index is -5.50. The van der Waals surface area contributed by atoms with Gasteiger partial charge in [-0.3, -0.25) is 10.1 Å². The number of unbranched alkanes of at least 4 members (excludes halogenated alkanes) is 1. The third-order valence-corrected chi connectivity index (χ3v) is 5.26. The van der Waals surface area contributed by atoms with Crippen LogP contribution in [0.25, 0.3) is 0 Å². The molecule has 0 spiro atoms. The molecule has 0 aliphatic heterocycles. The second-order valence-electron chi connectivity index (χ2n) is 8.35. The van der Waals surface area contributed by atoms with Gasteiger partial charge in [0, 0.05) is 12.5 Å². The van der Waals surface area contributed by atoms with Gasteiger partial charge in [0.2, 0.25) is 11.6 Å². The SMILES string of the molecule is COC(=O)c1nc(O[C@@H](C)CCCC#CC(O)(C(=O)OCc2ccccc2)C(F)(F)F)c(C(F)(F)F)cc1[N+](=O)[O-]. The van der Waals surface area contributed by atoms with Crippen molar-refractivity contribution in [2.75, 3.05) is 7.11 Å². The largest absolute Gasteiger partial charge is 0.474 e. The number of methoxy groups -OCH3 is 1. The van der Waals surface area contributed by atoms with Gasteiger partial charge in [-0.15, -0.1) is 0 Å². The van der Waals surface area contributed by atoms with Crippen LogP contribution in [0, 0.1) is 22.0 Å². The lowest BCUT2D eigenvalue weighted by Gasteiger charge is -2.23. The van der Waals surface area contributed by atoms with Gasteiger partial charge in [0.25, 0.3) is 0 Å². The minimum Gasteiger partial charge on any atom is -0.474 e. The van der Waals surface area contributed by atoms with E-state index in [0.29, 0.717) is 5.56 Å². The van der Waals surface area contributed by atoms with Crippen LogP contribution in [-0.4, -0.2) is 51.9 Å². The quantitative estimate of drug-likeness (QED) is 0.103. The molecule has 2 atom stereocenters. The Morgan fingerprint density at radius 1 is 1.15 bits per heavy atom. The fourth-order valence-electron chi connectivity index (χ4n) is 3.15. The first-order valence-electron chi connectivity index (χ1n) is 11.5. The van der Waals surface area contributed by atoms with Crippen molar-refractivity contribution in [3.63, 3.8) is 0 Å². The van der Waals surface area contributed by atoms with Crippen LogP contribution in [0.2, 0.25) is 0 Å². The maximum Gasteiger partial charge on any atom is 0.440 e. The number of pyridine rings is 1. The van der Waals surface area contributed by atoms with E-state index in [2.05, 4.69) is 14.5 Å². The summed E-state index contributed by atoms with van der Waals surface area (Å²) in [5, 5.41) is 21.1. The van der Waals surface area contributed by atoms with Crippen LogP contribution >= 0.6 is 0 Å². The summed E-state index contributed by atoms with van der Waals surface area (Å²) in [4.78, 5) is 37.1. The van der Waals surface area contributed by atoms with Crippen LogP contribution in [0.15, 0.2) is 36.4 Å². The van der Waals surface area contributed by atoms with E-state index in [1.807, 2.05) is 5.92 Å². The summed E-state index contributed by atoms with van der Waals surface area (Å²) < 4.78 is 94.9. The van der Waals surface area contributed by atoms with Gasteiger partial charge in [-0.1, -0.05) is 36.3 Å². The lowest BCUT2D eigenvalue weighted by molar-refractivity contribution is -0.385. The number of carbonyl (C=O) groups is 2. The van der Waals surface area contributed by atoms with Crippen molar-refractivity contribution in [2.24, 2.45) is 0 Å². The Morgan fingerprint density at radius 3 is 2.32 bits per heavy atom. The molecule has 0 amide bonds. The van der Waals surface area contributed by atoms with Crippen molar-refractivity contribution in [3.8, 4) is 17.7 Å². The molecule has 10 nitrogen and oxygen atoms in total. The summed E-state index contributed by atoms with van der Waals surface area (Å²) in [6.45, 7) is 0.713. The molecule has 222 valence electrons. The summed E-state index contributed by atoms with van der Waals surface area (Å²) in [6.07, 6.45) is -12.3. The molecule has 0 aliphatic rings. The smallest absolute Gasteiger partial charge is 0.440 e. The Kier molecular flexibility index (Phi) is 10.7. The monoisotopic (exact) mass is 592 g/mol. The highest BCUT2D eigenvalue weighted by Crippen LogP contribution is 2.39. The molecule has 1 N–H and O–H groups in total. The van der Waals surface area contributed by atoms with Gasteiger partial charge < -0.3 is 19.3 Å². The fourth-order valence-corrected chi connectivity index (χ4v) is 3.15. The Balaban J connectivity index is 2.13.